The number of amides is 2. The maximum Gasteiger partial charge on any atom is 0.258 e. The lowest BCUT2D eigenvalue weighted by Gasteiger charge is -2.21. The fourth-order valence-electron chi connectivity index (χ4n) is 2.22. The third-order valence-electron chi connectivity index (χ3n) is 3.50. The number of para-hydroxylation sites is 1. The van der Waals surface area contributed by atoms with Crippen molar-refractivity contribution < 1.29 is 14.3 Å². The Morgan fingerprint density at radius 2 is 1.71 bits per heavy atom. The van der Waals surface area contributed by atoms with Crippen LogP contribution in [0, 0.1) is 6.92 Å². The van der Waals surface area contributed by atoms with E-state index in [9.17, 15) is 9.59 Å². The van der Waals surface area contributed by atoms with Crippen molar-refractivity contribution in [1.82, 2.24) is 5.32 Å². The fourth-order valence-corrected chi connectivity index (χ4v) is 2.22. The molecule has 0 aromatic heterocycles. The minimum Gasteiger partial charge on any atom is -0.484 e. The molecule has 2 amide bonds. The average molecular weight is 326 g/mol. The van der Waals surface area contributed by atoms with Gasteiger partial charge in [-0.05, 0) is 31.2 Å². The SMILES string of the molecule is CC(=O)N(CCNC(=O)COc1ccccc1)c1ccc(C)cc1. The van der Waals surface area contributed by atoms with Crippen LogP contribution in [0.3, 0.4) is 0 Å². The maximum absolute atomic E-state index is 11.8. The Labute approximate surface area is 142 Å². The molecule has 0 aliphatic carbocycles. The van der Waals surface area contributed by atoms with Crippen molar-refractivity contribution in [2.75, 3.05) is 24.6 Å². The molecule has 0 aliphatic heterocycles. The minimum absolute atomic E-state index is 0.0470. The van der Waals surface area contributed by atoms with E-state index in [2.05, 4.69) is 5.32 Å². The van der Waals surface area contributed by atoms with Crippen molar-refractivity contribution in [3.05, 3.63) is 60.2 Å². The van der Waals surface area contributed by atoms with E-state index in [0.717, 1.165) is 11.3 Å². The number of anilines is 1. The van der Waals surface area contributed by atoms with Crippen molar-refractivity contribution in [2.24, 2.45) is 0 Å². The van der Waals surface area contributed by atoms with Crippen LogP contribution in [-0.2, 0) is 9.59 Å². The van der Waals surface area contributed by atoms with Gasteiger partial charge in [-0.25, -0.2) is 0 Å². The third kappa shape index (κ3) is 5.43. The molecule has 0 bridgehead atoms. The predicted molar refractivity (Wildman–Crippen MR) is 94.2 cm³/mol. The normalized spacial score (nSPS) is 10.1. The Morgan fingerprint density at radius 3 is 2.33 bits per heavy atom. The number of benzene rings is 2. The Hall–Kier alpha value is -2.82. The number of nitrogens with one attached hydrogen (secondary N) is 1. The summed E-state index contributed by atoms with van der Waals surface area (Å²) in [4.78, 5) is 25.3. The molecule has 126 valence electrons. The molecular weight excluding hydrogens is 304 g/mol. The molecule has 0 fully saturated rings. The topological polar surface area (TPSA) is 58.6 Å². The highest BCUT2D eigenvalue weighted by Crippen LogP contribution is 2.14. The molecule has 2 aromatic carbocycles. The van der Waals surface area contributed by atoms with Crippen LogP contribution in [0.4, 0.5) is 5.69 Å². The molecule has 0 saturated carbocycles. The van der Waals surface area contributed by atoms with Gasteiger partial charge in [0.1, 0.15) is 5.75 Å². The highest BCUT2D eigenvalue weighted by Gasteiger charge is 2.11. The molecule has 0 unspecified atom stereocenters. The van der Waals surface area contributed by atoms with Gasteiger partial charge >= 0.3 is 0 Å². The van der Waals surface area contributed by atoms with Gasteiger partial charge in [-0.1, -0.05) is 35.9 Å². The minimum atomic E-state index is -0.216. The molecule has 0 atom stereocenters. The molecule has 0 aliphatic rings. The van der Waals surface area contributed by atoms with Gasteiger partial charge in [0.15, 0.2) is 6.61 Å². The first kappa shape index (κ1) is 17.5. The van der Waals surface area contributed by atoms with Crippen LogP contribution < -0.4 is 15.0 Å². The number of ether oxygens (including phenoxy) is 1. The van der Waals surface area contributed by atoms with Crippen LogP contribution in [-0.4, -0.2) is 31.5 Å². The van der Waals surface area contributed by atoms with Crippen LogP contribution in [0.2, 0.25) is 0 Å². The van der Waals surface area contributed by atoms with E-state index in [1.54, 1.807) is 17.0 Å². The van der Waals surface area contributed by atoms with Gasteiger partial charge in [-0.3, -0.25) is 9.59 Å². The number of hydrogen-bond donors (Lipinski definition) is 1. The van der Waals surface area contributed by atoms with E-state index in [4.69, 9.17) is 4.74 Å². The Morgan fingerprint density at radius 1 is 1.04 bits per heavy atom. The number of aryl methyl sites for hydroxylation is 1. The summed E-state index contributed by atoms with van der Waals surface area (Å²) in [6.07, 6.45) is 0. The molecule has 0 spiro atoms. The lowest BCUT2D eigenvalue weighted by molar-refractivity contribution is -0.123. The highest BCUT2D eigenvalue weighted by molar-refractivity contribution is 5.91. The van der Waals surface area contributed by atoms with Crippen molar-refractivity contribution in [2.45, 2.75) is 13.8 Å². The second kappa shape index (κ2) is 8.72. The van der Waals surface area contributed by atoms with E-state index in [1.807, 2.05) is 49.4 Å². The van der Waals surface area contributed by atoms with Gasteiger partial charge in [0, 0.05) is 25.7 Å². The number of hydrogen-bond acceptors (Lipinski definition) is 3. The maximum atomic E-state index is 11.8. The summed E-state index contributed by atoms with van der Waals surface area (Å²) in [7, 11) is 0. The van der Waals surface area contributed by atoms with E-state index in [-0.39, 0.29) is 18.4 Å². The fraction of sp³-hybridized carbons (Fsp3) is 0.263. The van der Waals surface area contributed by atoms with Crippen molar-refractivity contribution in [3.63, 3.8) is 0 Å². The van der Waals surface area contributed by atoms with Gasteiger partial charge in [0.2, 0.25) is 5.91 Å². The van der Waals surface area contributed by atoms with E-state index >= 15 is 0 Å². The Bertz CT molecular complexity index is 669. The van der Waals surface area contributed by atoms with Crippen LogP contribution in [0.25, 0.3) is 0 Å². The van der Waals surface area contributed by atoms with Crippen molar-refractivity contribution >= 4 is 17.5 Å². The van der Waals surface area contributed by atoms with Crippen LogP contribution in [0.5, 0.6) is 5.75 Å². The quantitative estimate of drug-likeness (QED) is 0.851. The molecule has 5 nitrogen and oxygen atoms in total. The molecule has 2 aromatic rings. The summed E-state index contributed by atoms with van der Waals surface area (Å²) in [6.45, 7) is 4.24. The Kier molecular flexibility index (Phi) is 6.37. The highest BCUT2D eigenvalue weighted by atomic mass is 16.5. The first-order valence-electron chi connectivity index (χ1n) is 7.85. The molecule has 0 saturated heterocycles. The zero-order chi connectivity index (χ0) is 17.4. The van der Waals surface area contributed by atoms with Gasteiger partial charge in [-0.2, -0.15) is 0 Å². The molecule has 0 radical (unpaired) electrons. The molecule has 2 rings (SSSR count). The van der Waals surface area contributed by atoms with Gasteiger partial charge in [-0.15, -0.1) is 0 Å². The van der Waals surface area contributed by atoms with E-state index in [0.29, 0.717) is 18.8 Å². The third-order valence-corrected chi connectivity index (χ3v) is 3.50. The second-order valence-electron chi connectivity index (χ2n) is 5.46. The summed E-state index contributed by atoms with van der Waals surface area (Å²) in [5.74, 6) is 0.373. The standard InChI is InChI=1S/C19H22N2O3/c1-15-8-10-17(11-9-15)21(16(2)22)13-12-20-19(23)14-24-18-6-4-3-5-7-18/h3-11H,12-14H2,1-2H3,(H,20,23). The summed E-state index contributed by atoms with van der Waals surface area (Å²) in [5, 5.41) is 2.76. The summed E-state index contributed by atoms with van der Waals surface area (Å²) in [6, 6.07) is 16.9. The molecule has 0 heterocycles. The first-order valence-corrected chi connectivity index (χ1v) is 7.85. The number of nitrogens with zero attached hydrogens (tertiary/aromatic N) is 1. The smallest absolute Gasteiger partial charge is 0.258 e. The lowest BCUT2D eigenvalue weighted by atomic mass is 10.2. The molecule has 5 heteroatoms. The zero-order valence-corrected chi connectivity index (χ0v) is 14.0. The van der Waals surface area contributed by atoms with Gasteiger partial charge in [0.25, 0.3) is 5.91 Å². The zero-order valence-electron chi connectivity index (χ0n) is 14.0. The van der Waals surface area contributed by atoms with Crippen LogP contribution in [0.15, 0.2) is 54.6 Å². The van der Waals surface area contributed by atoms with E-state index < -0.39 is 0 Å². The predicted octanol–water partition coefficient (Wildman–Crippen LogP) is 2.54. The number of carbonyl (C=O) groups excluding carboxylic acids is 2. The number of carbonyl (C=O) groups is 2. The Balaban J connectivity index is 1.79. The summed E-state index contributed by atoms with van der Waals surface area (Å²) >= 11 is 0. The lowest BCUT2D eigenvalue weighted by Crippen LogP contribution is -2.39. The largest absolute Gasteiger partial charge is 0.484 e. The first-order chi connectivity index (χ1) is 11.6. The number of rotatable bonds is 7. The molecular formula is C19H22N2O3. The van der Waals surface area contributed by atoms with Gasteiger partial charge in [0.05, 0.1) is 0 Å². The summed E-state index contributed by atoms with van der Waals surface area (Å²) in [5.41, 5.74) is 1.96. The molecule has 1 N–H and O–H groups in total. The van der Waals surface area contributed by atoms with E-state index in [1.165, 1.54) is 6.92 Å². The van der Waals surface area contributed by atoms with Crippen molar-refractivity contribution in [1.29, 1.82) is 0 Å². The van der Waals surface area contributed by atoms with Gasteiger partial charge < -0.3 is 15.0 Å². The summed E-state index contributed by atoms with van der Waals surface area (Å²) < 4.78 is 5.38. The van der Waals surface area contributed by atoms with Crippen LogP contribution in [0.1, 0.15) is 12.5 Å². The molecule has 24 heavy (non-hydrogen) atoms. The average Bonchev–Trinajstić information content (AvgIpc) is 2.58. The van der Waals surface area contributed by atoms with Crippen molar-refractivity contribution in [3.8, 4) is 5.75 Å². The van der Waals surface area contributed by atoms with Crippen LogP contribution >= 0.6 is 0 Å². The second-order valence-corrected chi connectivity index (χ2v) is 5.46. The monoisotopic (exact) mass is 326 g/mol.